The Morgan fingerprint density at radius 1 is 0.368 bits per heavy atom. The fraction of sp³-hybridized carbons (Fsp3) is 0.0556. The summed E-state index contributed by atoms with van der Waals surface area (Å²) in [7, 11) is 12.7. The van der Waals surface area contributed by atoms with Gasteiger partial charge in [0.25, 0.3) is 0 Å². The van der Waals surface area contributed by atoms with Crippen LogP contribution in [-0.2, 0) is 0 Å². The van der Waals surface area contributed by atoms with E-state index in [4.69, 9.17) is 20.1 Å². The fourth-order valence-corrected chi connectivity index (χ4v) is 11.7. The van der Waals surface area contributed by atoms with Crippen LogP contribution in [0.1, 0.15) is 18.4 Å². The number of fused-ring (bicyclic) bond motifs is 3. The van der Waals surface area contributed by atoms with Gasteiger partial charge in [-0.3, -0.25) is 0 Å². The van der Waals surface area contributed by atoms with E-state index in [2.05, 4.69) is 34.1 Å². The first-order chi connectivity index (χ1) is 42.3. The molecule has 1 aromatic heterocycles. The van der Waals surface area contributed by atoms with Crippen molar-refractivity contribution in [2.75, 3.05) is 19.6 Å². The lowest BCUT2D eigenvalue weighted by Crippen LogP contribution is -2.43. The van der Waals surface area contributed by atoms with Gasteiger partial charge >= 0.3 is 0 Å². The normalized spacial score (nSPS) is 15.1. The van der Waals surface area contributed by atoms with Gasteiger partial charge in [-0.2, -0.15) is 0 Å². The van der Waals surface area contributed by atoms with Gasteiger partial charge in [0, 0.05) is 73.5 Å². The van der Waals surface area contributed by atoms with Crippen molar-refractivity contribution in [3.05, 3.63) is 277 Å². The minimum absolute atomic E-state index is 0.236. The number of aliphatic hydroxyl groups is 4. The highest BCUT2D eigenvalue weighted by Gasteiger charge is 2.41. The average Bonchev–Trinajstić information content (AvgIpc) is 1.79. The Hall–Kier alpha value is -11.3. The Bertz CT molecular complexity index is 4490. The Kier molecular flexibility index (Phi) is 14.3. The molecule has 422 valence electrons. The summed E-state index contributed by atoms with van der Waals surface area (Å²) in [6, 6.07) is 73.3. The molecule has 13 rings (SSSR count). The standard InChI is InChI=1S/C72H54B2N4O9/c73-61-63(68(82)72(86)71(85)66(61)80)77(51-25-21-45(22-26-51)43-13-5-1-6-14-43)53-33-29-49(30-34-53)75(47-17-9-3-10-18-47)55-37-39-59-57(41-55)58-42-56(38-40-60(58)87-59)76(48-19-11-4-12-20-48)50-31-35-54(36-32-50)78(64-65(79)62(74)67(81)70(84)69(64)83)52-27-23-46(24-28-52)44-15-7-2-8-16-44/h1-21,23-25,27-42,61,63,79-86H,22,26H2. The molecule has 0 bridgehead atoms. The summed E-state index contributed by atoms with van der Waals surface area (Å²) in [5, 5.41) is 89.9. The van der Waals surface area contributed by atoms with Crippen LogP contribution in [0.5, 0.6) is 23.0 Å². The highest BCUT2D eigenvalue weighted by atomic mass is 16.4. The molecule has 4 radical (unpaired) electrons. The summed E-state index contributed by atoms with van der Waals surface area (Å²) >= 11 is 0. The van der Waals surface area contributed by atoms with Crippen molar-refractivity contribution in [1.82, 2.24) is 0 Å². The third-order valence-electron chi connectivity index (χ3n) is 16.1. The van der Waals surface area contributed by atoms with Crippen LogP contribution in [0.25, 0.3) is 38.6 Å². The molecule has 0 saturated heterocycles. The van der Waals surface area contributed by atoms with Crippen LogP contribution in [0.2, 0.25) is 5.82 Å². The van der Waals surface area contributed by atoms with E-state index in [1.54, 1.807) is 9.80 Å². The van der Waals surface area contributed by atoms with Crippen molar-refractivity contribution >= 4 is 106 Å². The van der Waals surface area contributed by atoms with E-state index in [1.165, 1.54) is 0 Å². The Morgan fingerprint density at radius 3 is 1.28 bits per heavy atom. The second-order valence-corrected chi connectivity index (χ2v) is 21.3. The van der Waals surface area contributed by atoms with Crippen LogP contribution >= 0.6 is 0 Å². The number of hydrogen-bond acceptors (Lipinski definition) is 13. The Labute approximate surface area is 503 Å². The van der Waals surface area contributed by atoms with E-state index in [1.807, 2.05) is 218 Å². The number of benzene rings is 10. The predicted molar refractivity (Wildman–Crippen MR) is 347 cm³/mol. The zero-order valence-electron chi connectivity index (χ0n) is 46.6. The summed E-state index contributed by atoms with van der Waals surface area (Å²) in [4.78, 5) is 7.59. The van der Waals surface area contributed by atoms with Crippen LogP contribution in [-0.4, -0.2) is 62.6 Å². The minimum Gasteiger partial charge on any atom is -0.509 e. The van der Waals surface area contributed by atoms with Gasteiger partial charge in [-0.25, -0.2) is 0 Å². The molecule has 0 spiro atoms. The van der Waals surface area contributed by atoms with Crippen molar-refractivity contribution in [3.63, 3.8) is 0 Å². The lowest BCUT2D eigenvalue weighted by atomic mass is 9.74. The van der Waals surface area contributed by atoms with E-state index >= 15 is 0 Å². The Balaban J connectivity index is 0.878. The van der Waals surface area contributed by atoms with E-state index in [-0.39, 0.29) is 5.69 Å². The number of aromatic hydroxyl groups is 4. The summed E-state index contributed by atoms with van der Waals surface area (Å²) in [6.45, 7) is 0. The number of furan rings is 1. The number of anilines is 10. The van der Waals surface area contributed by atoms with E-state index in [0.29, 0.717) is 41.1 Å². The molecule has 2 unspecified atom stereocenters. The van der Waals surface area contributed by atoms with Crippen LogP contribution in [0.3, 0.4) is 0 Å². The van der Waals surface area contributed by atoms with Gasteiger partial charge in [0.1, 0.15) is 36.2 Å². The second-order valence-electron chi connectivity index (χ2n) is 21.3. The average molecular weight is 1140 g/mol. The first-order valence-electron chi connectivity index (χ1n) is 28.1. The third-order valence-corrected chi connectivity index (χ3v) is 16.1. The van der Waals surface area contributed by atoms with Crippen LogP contribution in [0.4, 0.5) is 56.9 Å². The molecule has 13 nitrogen and oxygen atoms in total. The van der Waals surface area contributed by atoms with Gasteiger partial charge in [-0.15, -0.1) is 0 Å². The first kappa shape index (κ1) is 54.9. The maximum absolute atomic E-state index is 11.5. The van der Waals surface area contributed by atoms with Gasteiger partial charge in [-0.05, 0) is 168 Å². The molecular weight excluding hydrogens is 1090 g/mol. The van der Waals surface area contributed by atoms with Crippen LogP contribution in [0.15, 0.2) is 276 Å². The summed E-state index contributed by atoms with van der Waals surface area (Å²) in [6.07, 6.45) is 5.19. The lowest BCUT2D eigenvalue weighted by molar-refractivity contribution is 0.217. The van der Waals surface area contributed by atoms with Crippen molar-refractivity contribution < 1.29 is 45.3 Å². The molecule has 1 heterocycles. The predicted octanol–water partition coefficient (Wildman–Crippen LogP) is 16.8. The number of rotatable bonds is 14. The maximum Gasteiger partial charge on any atom is 0.202 e. The highest BCUT2D eigenvalue weighted by molar-refractivity contribution is 6.37. The van der Waals surface area contributed by atoms with Crippen molar-refractivity contribution in [2.24, 2.45) is 0 Å². The van der Waals surface area contributed by atoms with E-state index < -0.39 is 63.4 Å². The molecule has 15 heteroatoms. The monoisotopic (exact) mass is 1140 g/mol. The number of allylic oxidation sites excluding steroid dienone is 4. The number of hydrogen-bond donors (Lipinski definition) is 8. The van der Waals surface area contributed by atoms with Crippen LogP contribution < -0.4 is 25.1 Å². The minimum atomic E-state index is -1.30. The maximum atomic E-state index is 11.5. The molecule has 0 saturated carbocycles. The zero-order chi connectivity index (χ0) is 60.0. The van der Waals surface area contributed by atoms with E-state index in [0.717, 1.165) is 72.9 Å². The molecule has 8 N–H and O–H groups in total. The number of phenols is 4. The van der Waals surface area contributed by atoms with Crippen LogP contribution in [0, 0.1) is 0 Å². The molecule has 10 aromatic carbocycles. The number of phenolic OH excluding ortho intramolecular Hbond substituents is 4. The van der Waals surface area contributed by atoms with Gasteiger partial charge in [0.15, 0.2) is 23.0 Å². The largest absolute Gasteiger partial charge is 0.509 e. The van der Waals surface area contributed by atoms with E-state index in [9.17, 15) is 40.9 Å². The van der Waals surface area contributed by atoms with Crippen molar-refractivity contribution in [1.29, 1.82) is 0 Å². The van der Waals surface area contributed by atoms with Crippen molar-refractivity contribution in [2.45, 2.75) is 24.7 Å². The molecule has 11 aromatic rings. The van der Waals surface area contributed by atoms with Crippen molar-refractivity contribution in [3.8, 4) is 34.1 Å². The molecule has 0 aliphatic heterocycles. The van der Waals surface area contributed by atoms with Gasteiger partial charge in [0.05, 0.1) is 13.9 Å². The molecule has 87 heavy (non-hydrogen) atoms. The Morgan fingerprint density at radius 2 is 0.782 bits per heavy atom. The SMILES string of the molecule is [B]c1c(O)c(O)c(O)c(N(c2ccc(-c3ccccc3)cc2)c2ccc(N(c3ccccc3)c3ccc4oc5ccc(N(c6ccccc6)c6ccc(N(C7=CC=C(c8ccccc8)CC7)C7C(O)=C(O)C(O)=C(O)C7[B])cc6)cc5c4c3)cc2)c1O. The van der Waals surface area contributed by atoms with Gasteiger partial charge in [-0.1, -0.05) is 115 Å². The number of nitrogens with zero attached hydrogens (tertiary/aromatic N) is 4. The third kappa shape index (κ3) is 10.00. The number of aliphatic hydroxyl groups excluding tert-OH is 4. The number of para-hydroxylation sites is 2. The molecule has 2 aliphatic rings. The lowest BCUT2D eigenvalue weighted by Gasteiger charge is -2.41. The summed E-state index contributed by atoms with van der Waals surface area (Å²) < 4.78 is 6.55. The molecule has 0 amide bonds. The topological polar surface area (TPSA) is 188 Å². The molecule has 2 atom stereocenters. The fourth-order valence-electron chi connectivity index (χ4n) is 11.7. The smallest absolute Gasteiger partial charge is 0.202 e. The highest BCUT2D eigenvalue weighted by Crippen LogP contribution is 2.52. The zero-order valence-corrected chi connectivity index (χ0v) is 46.6. The van der Waals surface area contributed by atoms with Gasteiger partial charge < -0.3 is 64.9 Å². The van der Waals surface area contributed by atoms with Gasteiger partial charge in [0.2, 0.25) is 11.5 Å². The second kappa shape index (κ2) is 22.7. The first-order valence-corrected chi connectivity index (χ1v) is 28.1. The quantitative estimate of drug-likeness (QED) is 0.0292. The molecular formula is C72H54B2N4O9. The summed E-state index contributed by atoms with van der Waals surface area (Å²) in [5.74, 6) is -7.36. The molecule has 0 fully saturated rings. The molecule has 2 aliphatic carbocycles. The summed E-state index contributed by atoms with van der Waals surface area (Å²) in [5.41, 5.74) is 12.0.